The van der Waals surface area contributed by atoms with Crippen LogP contribution in [-0.2, 0) is 25.4 Å². The van der Waals surface area contributed by atoms with Gasteiger partial charge >= 0.3 is 5.69 Å². The van der Waals surface area contributed by atoms with Gasteiger partial charge in [0, 0.05) is 31.2 Å². The molecule has 0 spiro atoms. The number of ether oxygens (including phenoxy) is 2. The lowest BCUT2D eigenvalue weighted by molar-refractivity contribution is 0.0458. The van der Waals surface area contributed by atoms with Crippen molar-refractivity contribution >= 4 is 22.5 Å². The van der Waals surface area contributed by atoms with Gasteiger partial charge in [-0.05, 0) is 42.0 Å². The summed E-state index contributed by atoms with van der Waals surface area (Å²) in [6, 6.07) is 11.7. The summed E-state index contributed by atoms with van der Waals surface area (Å²) in [6.07, 6.45) is -0.889. The van der Waals surface area contributed by atoms with E-state index in [1.807, 2.05) is 16.7 Å². The molecule has 5 rings (SSSR count). The van der Waals surface area contributed by atoms with E-state index in [0.717, 1.165) is 10.1 Å². The monoisotopic (exact) mass is 469 g/mol. The number of hydrogen-bond acceptors (Lipinski definition) is 4. The Morgan fingerprint density at radius 1 is 1.09 bits per heavy atom. The molecule has 0 amide bonds. The Hall–Kier alpha value is -3.36. The van der Waals surface area contributed by atoms with Crippen molar-refractivity contribution < 1.29 is 13.9 Å². The van der Waals surface area contributed by atoms with Crippen molar-refractivity contribution in [2.45, 2.75) is 12.6 Å². The van der Waals surface area contributed by atoms with E-state index >= 15 is 0 Å². The fraction of sp³-hybridized carbons (Fsp3) is 0.250. The molecule has 0 bridgehead atoms. The highest BCUT2D eigenvalue weighted by Gasteiger charge is 2.35. The number of hydrogen-bond donors (Lipinski definition) is 0. The first-order valence-electron chi connectivity index (χ1n) is 10.4. The van der Waals surface area contributed by atoms with E-state index in [2.05, 4.69) is 0 Å². The fourth-order valence-electron chi connectivity index (χ4n) is 4.61. The third-order valence-corrected chi connectivity index (χ3v) is 6.51. The van der Waals surface area contributed by atoms with E-state index in [0.29, 0.717) is 34.6 Å². The van der Waals surface area contributed by atoms with Gasteiger partial charge in [0.25, 0.3) is 5.56 Å². The molecule has 33 heavy (non-hydrogen) atoms. The van der Waals surface area contributed by atoms with Crippen LogP contribution in [0.25, 0.3) is 22.2 Å². The van der Waals surface area contributed by atoms with Gasteiger partial charge in [0.05, 0.1) is 36.0 Å². The maximum atomic E-state index is 14.9. The first-order valence-corrected chi connectivity index (χ1v) is 10.7. The van der Waals surface area contributed by atoms with E-state index in [1.54, 1.807) is 32.4 Å². The molecule has 0 radical (unpaired) electrons. The highest BCUT2D eigenvalue weighted by molar-refractivity contribution is 6.31. The summed E-state index contributed by atoms with van der Waals surface area (Å²) in [5.41, 5.74) is 1.59. The predicted octanol–water partition coefficient (Wildman–Crippen LogP) is 3.63. The number of methoxy groups -OCH3 is 1. The van der Waals surface area contributed by atoms with E-state index in [4.69, 9.17) is 21.1 Å². The summed E-state index contributed by atoms with van der Waals surface area (Å²) in [5.74, 6) is 0.156. The van der Waals surface area contributed by atoms with E-state index in [1.165, 1.54) is 23.7 Å². The summed E-state index contributed by atoms with van der Waals surface area (Å²) in [5, 5.41) is 0.574. The fourth-order valence-corrected chi connectivity index (χ4v) is 4.87. The Kier molecular flexibility index (Phi) is 5.14. The average Bonchev–Trinajstić information content (AvgIpc) is 3.17. The molecule has 2 aromatic carbocycles. The molecule has 4 aromatic rings. The molecule has 3 heterocycles. The van der Waals surface area contributed by atoms with E-state index < -0.39 is 23.2 Å². The Labute approximate surface area is 193 Å². The summed E-state index contributed by atoms with van der Waals surface area (Å²) < 4.78 is 30.7. The highest BCUT2D eigenvalue weighted by Crippen LogP contribution is 2.43. The van der Waals surface area contributed by atoms with Gasteiger partial charge in [-0.15, -0.1) is 0 Å². The normalized spacial score (nSPS) is 15.6. The van der Waals surface area contributed by atoms with Crippen molar-refractivity contribution in [2.24, 2.45) is 14.1 Å². The average molecular weight is 470 g/mol. The molecule has 0 fully saturated rings. The number of nitrogens with zero attached hydrogens (tertiary/aromatic N) is 3. The quantitative estimate of drug-likeness (QED) is 0.459. The molecule has 0 unspecified atom stereocenters. The van der Waals surface area contributed by atoms with Gasteiger partial charge < -0.3 is 14.0 Å². The standard InChI is InChI=1S/C24H21ClFN3O4/c1-27-20-18(23(30)28(2)24(27)31)19(13-7-9-14(32-3)10-8-13)29-11-12-33-22(21(20)29)17-15(25)5-4-6-16(17)26/h4-10,22H,11-12H2,1-3H3/t22-/m1/s1. The van der Waals surface area contributed by atoms with Gasteiger partial charge in [0.1, 0.15) is 17.7 Å². The number of halogens is 2. The smallest absolute Gasteiger partial charge is 0.331 e. The Morgan fingerprint density at radius 3 is 2.48 bits per heavy atom. The van der Waals surface area contributed by atoms with Gasteiger partial charge in [0.15, 0.2) is 0 Å². The molecule has 1 atom stereocenters. The van der Waals surface area contributed by atoms with Gasteiger partial charge in [-0.2, -0.15) is 0 Å². The molecule has 170 valence electrons. The van der Waals surface area contributed by atoms with Crippen molar-refractivity contribution in [2.75, 3.05) is 13.7 Å². The second-order valence-corrected chi connectivity index (χ2v) is 8.34. The van der Waals surface area contributed by atoms with Crippen molar-refractivity contribution in [1.82, 2.24) is 13.7 Å². The molecule has 7 nitrogen and oxygen atoms in total. The predicted molar refractivity (Wildman–Crippen MR) is 124 cm³/mol. The van der Waals surface area contributed by atoms with Crippen LogP contribution < -0.4 is 16.0 Å². The van der Waals surface area contributed by atoms with Crippen LogP contribution in [0.1, 0.15) is 17.4 Å². The largest absolute Gasteiger partial charge is 0.497 e. The van der Waals surface area contributed by atoms with Gasteiger partial charge in [-0.3, -0.25) is 13.9 Å². The maximum Gasteiger partial charge on any atom is 0.331 e. The minimum atomic E-state index is -0.889. The maximum absolute atomic E-state index is 14.9. The van der Waals surface area contributed by atoms with Crippen molar-refractivity contribution in [3.8, 4) is 17.0 Å². The molecule has 9 heteroatoms. The van der Waals surface area contributed by atoms with Crippen molar-refractivity contribution in [3.63, 3.8) is 0 Å². The molecule has 1 aliphatic rings. The minimum Gasteiger partial charge on any atom is -0.497 e. The number of aromatic nitrogens is 3. The highest BCUT2D eigenvalue weighted by atomic mass is 35.5. The van der Waals surface area contributed by atoms with Gasteiger partial charge in [-0.1, -0.05) is 17.7 Å². The molecule has 1 aliphatic heterocycles. The second kappa shape index (κ2) is 7.90. The summed E-state index contributed by atoms with van der Waals surface area (Å²) >= 11 is 6.39. The van der Waals surface area contributed by atoms with Crippen molar-refractivity contribution in [3.05, 3.63) is 85.4 Å². The molecular formula is C24H21ClFN3O4. The number of fused-ring (bicyclic) bond motifs is 3. The number of aryl methyl sites for hydroxylation is 1. The zero-order chi connectivity index (χ0) is 23.4. The van der Waals surface area contributed by atoms with Gasteiger partial charge in [0.2, 0.25) is 0 Å². The zero-order valence-corrected chi connectivity index (χ0v) is 19.0. The van der Waals surface area contributed by atoms with Crippen LogP contribution in [0.3, 0.4) is 0 Å². The van der Waals surface area contributed by atoms with Crippen LogP contribution in [0.15, 0.2) is 52.1 Å². The minimum absolute atomic E-state index is 0.175. The Morgan fingerprint density at radius 2 is 1.82 bits per heavy atom. The first kappa shape index (κ1) is 21.5. The summed E-state index contributed by atoms with van der Waals surface area (Å²) in [4.78, 5) is 26.2. The van der Waals surface area contributed by atoms with Crippen molar-refractivity contribution in [1.29, 1.82) is 0 Å². The molecule has 0 aliphatic carbocycles. The zero-order valence-electron chi connectivity index (χ0n) is 18.3. The Balaban J connectivity index is 1.94. The molecular weight excluding hydrogens is 449 g/mol. The molecule has 0 saturated heterocycles. The lowest BCUT2D eigenvalue weighted by atomic mass is 10.0. The Bertz CT molecular complexity index is 1500. The SMILES string of the molecule is COc1ccc(-c2c3c(=O)n(C)c(=O)n(C)c3c3n2CCO[C@@H]3c2c(F)cccc2Cl)cc1. The summed E-state index contributed by atoms with van der Waals surface area (Å²) in [7, 11) is 4.62. The first-order chi connectivity index (χ1) is 15.8. The van der Waals surface area contributed by atoms with E-state index in [9.17, 15) is 14.0 Å². The lowest BCUT2D eigenvalue weighted by Gasteiger charge is -2.28. The topological polar surface area (TPSA) is 67.4 Å². The summed E-state index contributed by atoms with van der Waals surface area (Å²) in [6.45, 7) is 0.700. The van der Waals surface area contributed by atoms with Crippen LogP contribution >= 0.6 is 11.6 Å². The van der Waals surface area contributed by atoms with Crippen LogP contribution in [0.2, 0.25) is 5.02 Å². The molecule has 0 N–H and O–H groups in total. The van der Waals surface area contributed by atoms with E-state index in [-0.39, 0.29) is 17.2 Å². The number of benzene rings is 2. The molecule has 0 saturated carbocycles. The third-order valence-electron chi connectivity index (χ3n) is 6.18. The second-order valence-electron chi connectivity index (χ2n) is 7.93. The lowest BCUT2D eigenvalue weighted by Crippen LogP contribution is -2.37. The third kappa shape index (κ3) is 3.13. The number of rotatable bonds is 3. The van der Waals surface area contributed by atoms with Crippen LogP contribution in [0.4, 0.5) is 4.39 Å². The molecule has 2 aromatic heterocycles. The van der Waals surface area contributed by atoms with Gasteiger partial charge in [-0.25, -0.2) is 9.18 Å². The van der Waals surface area contributed by atoms with Crippen LogP contribution in [0.5, 0.6) is 5.75 Å². The van der Waals surface area contributed by atoms with Crippen LogP contribution in [-0.4, -0.2) is 27.4 Å². The van der Waals surface area contributed by atoms with Crippen LogP contribution in [0, 0.1) is 5.82 Å².